The zero-order valence-electron chi connectivity index (χ0n) is 22.4. The lowest BCUT2D eigenvalue weighted by Gasteiger charge is -2.42. The summed E-state index contributed by atoms with van der Waals surface area (Å²) >= 11 is 0. The molecule has 0 unspecified atom stereocenters. The van der Waals surface area contributed by atoms with Gasteiger partial charge in [-0.05, 0) is 89.2 Å². The summed E-state index contributed by atoms with van der Waals surface area (Å²) < 4.78 is 12.0. The predicted octanol–water partition coefficient (Wildman–Crippen LogP) is 8.57. The molecule has 0 saturated carbocycles. The quantitative estimate of drug-likeness (QED) is 0.293. The first-order valence-electron chi connectivity index (χ1n) is 13.0. The van der Waals surface area contributed by atoms with Crippen LogP contribution in [0.25, 0.3) is 0 Å². The number of carbonyl (C=O) groups excluding carboxylic acids is 1. The Hall–Kier alpha value is -3.79. The van der Waals surface area contributed by atoms with Crippen LogP contribution in [0.2, 0.25) is 0 Å². The van der Waals surface area contributed by atoms with E-state index in [2.05, 4.69) is 52.1 Å². The number of carbonyl (C=O) groups is 1. The van der Waals surface area contributed by atoms with E-state index in [0.717, 1.165) is 5.76 Å². The second-order valence-corrected chi connectivity index (χ2v) is 11.4. The number of nitrogens with one attached hydrogen (secondary N) is 1. The maximum Gasteiger partial charge on any atom is 0.291 e. The van der Waals surface area contributed by atoms with Crippen molar-refractivity contribution in [2.45, 2.75) is 64.7 Å². The van der Waals surface area contributed by atoms with Crippen molar-refractivity contribution >= 4 is 11.6 Å². The molecule has 0 atom stereocenters. The molecule has 1 aromatic heterocycles. The number of hydrogen-bond acceptors (Lipinski definition) is 3. The van der Waals surface area contributed by atoms with Gasteiger partial charge < -0.3 is 14.5 Å². The van der Waals surface area contributed by atoms with E-state index in [1.165, 1.54) is 35.1 Å². The van der Waals surface area contributed by atoms with E-state index >= 15 is 0 Å². The van der Waals surface area contributed by atoms with Gasteiger partial charge >= 0.3 is 0 Å². The molecular weight excluding hydrogens is 458 g/mol. The molecule has 0 spiro atoms. The first-order chi connectivity index (χ1) is 17.6. The van der Waals surface area contributed by atoms with Gasteiger partial charge in [0.25, 0.3) is 5.91 Å². The lowest BCUT2D eigenvalue weighted by atomic mass is 9.62. The van der Waals surface area contributed by atoms with Crippen LogP contribution >= 0.6 is 0 Å². The van der Waals surface area contributed by atoms with Gasteiger partial charge in [-0.25, -0.2) is 0 Å². The fraction of sp³-hybridized carbons (Fsp3) is 0.303. The van der Waals surface area contributed by atoms with Crippen molar-refractivity contribution in [3.8, 4) is 11.5 Å². The zero-order chi connectivity index (χ0) is 26.2. The fourth-order valence-electron chi connectivity index (χ4n) is 5.20. The van der Waals surface area contributed by atoms with Crippen LogP contribution in [0.3, 0.4) is 0 Å². The van der Waals surface area contributed by atoms with Crippen molar-refractivity contribution in [2.75, 3.05) is 5.32 Å². The van der Waals surface area contributed by atoms with E-state index in [1.54, 1.807) is 6.07 Å². The third-order valence-electron chi connectivity index (χ3n) is 7.67. The summed E-state index contributed by atoms with van der Waals surface area (Å²) in [6, 6.07) is 25.3. The summed E-state index contributed by atoms with van der Waals surface area (Å²) in [5.74, 6) is 2.03. The number of ether oxygens (including phenoxy) is 1. The molecule has 0 fully saturated rings. The third kappa shape index (κ3) is 5.20. The molecular formula is C33H35NO3. The van der Waals surface area contributed by atoms with Gasteiger partial charge in [0.15, 0.2) is 11.5 Å². The van der Waals surface area contributed by atoms with Crippen molar-refractivity contribution in [1.82, 2.24) is 0 Å². The number of fused-ring (bicyclic) bond motifs is 1. The summed E-state index contributed by atoms with van der Waals surface area (Å²) in [6.45, 7) is 11.6. The summed E-state index contributed by atoms with van der Waals surface area (Å²) in [5.41, 5.74) is 6.32. The Morgan fingerprint density at radius 1 is 0.865 bits per heavy atom. The number of anilines is 1. The second kappa shape index (κ2) is 9.59. The molecule has 1 heterocycles. The SMILES string of the molecule is Cc1cc2c(cc1Cc1ccc(C(=O)Nc3ccccc3Oc3ccccc3)o1)C(C)(C)CCC2(C)C. The average Bonchev–Trinajstić information content (AvgIpc) is 3.34. The summed E-state index contributed by atoms with van der Waals surface area (Å²) in [7, 11) is 0. The van der Waals surface area contributed by atoms with Crippen molar-refractivity contribution in [2.24, 2.45) is 0 Å². The molecule has 4 nitrogen and oxygen atoms in total. The molecule has 3 aromatic carbocycles. The van der Waals surface area contributed by atoms with E-state index in [4.69, 9.17) is 9.15 Å². The Morgan fingerprint density at radius 3 is 2.24 bits per heavy atom. The minimum atomic E-state index is -0.305. The van der Waals surface area contributed by atoms with Gasteiger partial charge in [0.2, 0.25) is 0 Å². The van der Waals surface area contributed by atoms with E-state index in [9.17, 15) is 4.79 Å². The highest BCUT2D eigenvalue weighted by molar-refractivity contribution is 6.03. The van der Waals surface area contributed by atoms with Crippen LogP contribution in [0, 0.1) is 6.92 Å². The van der Waals surface area contributed by atoms with Crippen LogP contribution in [-0.2, 0) is 17.3 Å². The molecule has 1 N–H and O–H groups in total. The first kappa shape index (κ1) is 24.9. The van der Waals surface area contributed by atoms with E-state index in [0.29, 0.717) is 23.6 Å². The molecule has 0 saturated heterocycles. The molecule has 0 bridgehead atoms. The van der Waals surface area contributed by atoms with Crippen LogP contribution in [0.1, 0.15) is 79.1 Å². The molecule has 37 heavy (non-hydrogen) atoms. The molecule has 0 aliphatic heterocycles. The van der Waals surface area contributed by atoms with Gasteiger partial charge in [0.1, 0.15) is 11.5 Å². The molecule has 1 aliphatic rings. The molecule has 1 aliphatic carbocycles. The standard InChI is InChI=1S/C33H35NO3/c1-22-19-26-27(33(4,5)18-17-32(26,2)3)21-23(22)20-25-15-16-30(37-25)31(35)34-28-13-9-10-14-29(28)36-24-11-7-6-8-12-24/h6-16,19,21H,17-18,20H2,1-5H3,(H,34,35). The van der Waals surface area contributed by atoms with E-state index < -0.39 is 0 Å². The van der Waals surface area contributed by atoms with Crippen LogP contribution in [0.5, 0.6) is 11.5 Å². The summed E-state index contributed by atoms with van der Waals surface area (Å²) in [4.78, 5) is 13.0. The monoisotopic (exact) mass is 493 g/mol. The van der Waals surface area contributed by atoms with Gasteiger partial charge in [-0.2, -0.15) is 0 Å². The summed E-state index contributed by atoms with van der Waals surface area (Å²) in [5, 5.41) is 2.94. The lowest BCUT2D eigenvalue weighted by molar-refractivity contribution is 0.0995. The fourth-order valence-corrected chi connectivity index (χ4v) is 5.20. The number of benzene rings is 3. The highest BCUT2D eigenvalue weighted by atomic mass is 16.5. The van der Waals surface area contributed by atoms with Crippen molar-refractivity contribution in [3.63, 3.8) is 0 Å². The first-order valence-corrected chi connectivity index (χ1v) is 13.0. The Balaban J connectivity index is 1.34. The Kier molecular flexibility index (Phi) is 6.45. The van der Waals surface area contributed by atoms with Crippen molar-refractivity contribution in [3.05, 3.63) is 113 Å². The topological polar surface area (TPSA) is 51.5 Å². The number of amides is 1. The van der Waals surface area contributed by atoms with Gasteiger partial charge in [-0.15, -0.1) is 0 Å². The molecule has 0 radical (unpaired) electrons. The van der Waals surface area contributed by atoms with Crippen molar-refractivity contribution in [1.29, 1.82) is 0 Å². The van der Waals surface area contributed by atoms with Crippen LogP contribution in [0.15, 0.2) is 83.3 Å². The highest BCUT2D eigenvalue weighted by Crippen LogP contribution is 2.46. The minimum absolute atomic E-state index is 0.150. The zero-order valence-corrected chi connectivity index (χ0v) is 22.4. The van der Waals surface area contributed by atoms with Crippen LogP contribution < -0.4 is 10.1 Å². The Labute approximate surface area is 219 Å². The van der Waals surface area contributed by atoms with Gasteiger partial charge in [-0.3, -0.25) is 4.79 Å². The van der Waals surface area contributed by atoms with E-state index in [1.807, 2.05) is 60.7 Å². The number of hydrogen-bond donors (Lipinski definition) is 1. The maximum absolute atomic E-state index is 13.0. The largest absolute Gasteiger partial charge is 0.456 e. The second-order valence-electron chi connectivity index (χ2n) is 11.4. The maximum atomic E-state index is 13.0. The molecule has 5 rings (SSSR count). The van der Waals surface area contributed by atoms with Gasteiger partial charge in [0, 0.05) is 6.42 Å². The van der Waals surface area contributed by atoms with E-state index in [-0.39, 0.29) is 22.5 Å². The molecule has 4 aromatic rings. The predicted molar refractivity (Wildman–Crippen MR) is 149 cm³/mol. The number of rotatable bonds is 6. The number of para-hydroxylation sites is 3. The summed E-state index contributed by atoms with van der Waals surface area (Å²) in [6.07, 6.45) is 3.02. The van der Waals surface area contributed by atoms with Crippen molar-refractivity contribution < 1.29 is 13.9 Å². The third-order valence-corrected chi connectivity index (χ3v) is 7.67. The number of aryl methyl sites for hydroxylation is 1. The lowest BCUT2D eigenvalue weighted by Crippen LogP contribution is -2.34. The Bertz CT molecular complexity index is 1430. The van der Waals surface area contributed by atoms with Gasteiger partial charge in [-0.1, -0.05) is 70.2 Å². The smallest absolute Gasteiger partial charge is 0.291 e. The minimum Gasteiger partial charge on any atom is -0.456 e. The molecule has 190 valence electrons. The van der Waals surface area contributed by atoms with Gasteiger partial charge in [0.05, 0.1) is 5.69 Å². The average molecular weight is 494 g/mol. The normalized spacial score (nSPS) is 15.6. The highest BCUT2D eigenvalue weighted by Gasteiger charge is 2.37. The van der Waals surface area contributed by atoms with Crippen LogP contribution in [-0.4, -0.2) is 5.91 Å². The van der Waals surface area contributed by atoms with Crippen LogP contribution in [0.4, 0.5) is 5.69 Å². The number of furan rings is 1. The molecule has 1 amide bonds. The Morgan fingerprint density at radius 2 is 1.51 bits per heavy atom. The molecule has 4 heteroatoms.